The van der Waals surface area contributed by atoms with Gasteiger partial charge in [-0.05, 0) is 88.4 Å². The first-order chi connectivity index (χ1) is 18.5. The number of aliphatic imine (C=N–C) groups is 1. The van der Waals surface area contributed by atoms with Crippen LogP contribution < -0.4 is 4.74 Å². The fourth-order valence-corrected chi connectivity index (χ4v) is 6.49. The Morgan fingerprint density at radius 3 is 2.63 bits per heavy atom. The van der Waals surface area contributed by atoms with Gasteiger partial charge in [0.15, 0.2) is 5.17 Å². The maximum atomic E-state index is 13.7. The number of thioether (sulfide) groups is 1. The van der Waals surface area contributed by atoms with Crippen molar-refractivity contribution in [2.45, 2.75) is 45.3 Å². The van der Waals surface area contributed by atoms with Gasteiger partial charge in [0.25, 0.3) is 5.91 Å². The number of amides is 1. The third-order valence-corrected chi connectivity index (χ3v) is 8.59. The fourth-order valence-electron chi connectivity index (χ4n) is 4.94. The summed E-state index contributed by atoms with van der Waals surface area (Å²) in [4.78, 5) is 21.2. The second-order valence-electron chi connectivity index (χ2n) is 9.59. The van der Waals surface area contributed by atoms with Crippen LogP contribution in [0.1, 0.15) is 49.3 Å². The molecule has 0 bridgehead atoms. The van der Waals surface area contributed by atoms with E-state index in [0.29, 0.717) is 28.7 Å². The van der Waals surface area contributed by atoms with Crippen molar-refractivity contribution in [3.63, 3.8) is 0 Å². The highest BCUT2D eigenvalue weighted by Crippen LogP contribution is 2.40. The molecule has 1 saturated heterocycles. The van der Waals surface area contributed by atoms with E-state index >= 15 is 0 Å². The normalized spacial score (nSPS) is 21.6. The second-order valence-corrected chi connectivity index (χ2v) is 11.5. The van der Waals surface area contributed by atoms with E-state index in [2.05, 4.69) is 28.9 Å². The Labute approximate surface area is 236 Å². The highest BCUT2D eigenvalue weighted by molar-refractivity contribution is 9.10. The van der Waals surface area contributed by atoms with Gasteiger partial charge in [0.2, 0.25) is 0 Å². The molecule has 5 nitrogen and oxygen atoms in total. The van der Waals surface area contributed by atoms with Crippen LogP contribution in [-0.4, -0.2) is 22.0 Å². The lowest BCUT2D eigenvalue weighted by atomic mass is 9.85. The summed E-state index contributed by atoms with van der Waals surface area (Å²) in [7, 11) is 0. The largest absolute Gasteiger partial charge is 0.488 e. The zero-order valence-corrected chi connectivity index (χ0v) is 23.5. The molecular formula is C31H28BrN3O2S. The summed E-state index contributed by atoms with van der Waals surface area (Å²) in [6.45, 7) is 2.54. The van der Waals surface area contributed by atoms with Crippen LogP contribution in [0.4, 0.5) is 5.69 Å². The summed E-state index contributed by atoms with van der Waals surface area (Å²) in [6.07, 6.45) is 6.41. The predicted molar refractivity (Wildman–Crippen MR) is 157 cm³/mol. The Kier molecular flexibility index (Phi) is 8.31. The summed E-state index contributed by atoms with van der Waals surface area (Å²) in [5.41, 5.74) is 3.18. The third kappa shape index (κ3) is 5.87. The molecule has 0 spiro atoms. The van der Waals surface area contributed by atoms with Crippen molar-refractivity contribution in [3.05, 3.63) is 98.9 Å². The number of hydrogen-bond acceptors (Lipinski definition) is 5. The number of amidine groups is 1. The van der Waals surface area contributed by atoms with E-state index < -0.39 is 0 Å². The Morgan fingerprint density at radius 1 is 1.11 bits per heavy atom. The number of ether oxygens (including phenoxy) is 1. The lowest BCUT2D eigenvalue weighted by Gasteiger charge is -2.35. The number of rotatable bonds is 6. The first-order valence-corrected chi connectivity index (χ1v) is 14.4. The molecule has 3 aromatic rings. The molecule has 0 unspecified atom stereocenters. The molecule has 1 aliphatic carbocycles. The smallest absolute Gasteiger partial charge is 0.267 e. The number of nitrogens with zero attached hydrogens (tertiary/aromatic N) is 3. The van der Waals surface area contributed by atoms with Gasteiger partial charge in [0, 0.05) is 11.6 Å². The molecule has 1 aliphatic heterocycles. The van der Waals surface area contributed by atoms with E-state index in [1.54, 1.807) is 6.07 Å². The van der Waals surface area contributed by atoms with Gasteiger partial charge in [-0.25, -0.2) is 4.99 Å². The first kappa shape index (κ1) is 26.3. The standard InChI is InChI=1S/C31H28BrN3O2S/c1-21-9-5-8-14-27(21)35-30(36)29(38-31(35)34-25-12-3-2-4-13-25)18-22-15-16-28(26(32)17-22)37-20-24-11-7-6-10-23(24)19-33/h2-4,6-7,10-13,15-18,21,27H,5,8-9,14,20H2,1H3/b29-18-,34-31?/t21-,27-/m0/s1. The van der Waals surface area contributed by atoms with Crippen LogP contribution in [0.3, 0.4) is 0 Å². The van der Waals surface area contributed by atoms with Gasteiger partial charge in [0.1, 0.15) is 12.4 Å². The van der Waals surface area contributed by atoms with Crippen molar-refractivity contribution in [1.29, 1.82) is 5.26 Å². The number of carbonyl (C=O) groups excluding carboxylic acids is 1. The second kappa shape index (κ2) is 12.0. The highest BCUT2D eigenvalue weighted by Gasteiger charge is 2.41. The number of para-hydroxylation sites is 1. The molecule has 0 radical (unpaired) electrons. The van der Waals surface area contributed by atoms with Crippen molar-refractivity contribution < 1.29 is 9.53 Å². The van der Waals surface area contributed by atoms with Crippen LogP contribution in [-0.2, 0) is 11.4 Å². The Bertz CT molecular complexity index is 1430. The van der Waals surface area contributed by atoms with Crippen molar-refractivity contribution in [2.75, 3.05) is 0 Å². The molecule has 7 heteroatoms. The third-order valence-electron chi connectivity index (χ3n) is 6.99. The van der Waals surface area contributed by atoms with Crippen LogP contribution in [0.25, 0.3) is 6.08 Å². The highest BCUT2D eigenvalue weighted by atomic mass is 79.9. The number of carbonyl (C=O) groups is 1. The van der Waals surface area contributed by atoms with Gasteiger partial charge < -0.3 is 4.74 Å². The molecule has 2 fully saturated rings. The molecule has 0 N–H and O–H groups in total. The SMILES string of the molecule is C[C@H]1CCCC[C@@H]1N1C(=O)/C(=C/c2ccc(OCc3ccccc3C#N)c(Br)c2)SC1=Nc1ccccc1. The molecule has 0 aromatic heterocycles. The molecule has 2 atom stereocenters. The molecule has 5 rings (SSSR count). The number of benzene rings is 3. The van der Waals surface area contributed by atoms with E-state index in [1.807, 2.05) is 77.7 Å². The molecule has 3 aromatic carbocycles. The number of hydrogen-bond donors (Lipinski definition) is 0. The average molecular weight is 587 g/mol. The minimum Gasteiger partial charge on any atom is -0.488 e. The van der Waals surface area contributed by atoms with Crippen molar-refractivity contribution in [1.82, 2.24) is 4.90 Å². The number of nitriles is 1. The molecule has 192 valence electrons. The van der Waals surface area contributed by atoms with E-state index in [1.165, 1.54) is 18.2 Å². The molecular weight excluding hydrogens is 558 g/mol. The summed E-state index contributed by atoms with van der Waals surface area (Å²) < 4.78 is 6.77. The van der Waals surface area contributed by atoms with E-state index in [4.69, 9.17) is 9.73 Å². The maximum absolute atomic E-state index is 13.7. The van der Waals surface area contributed by atoms with Crippen LogP contribution in [0.15, 0.2) is 87.2 Å². The van der Waals surface area contributed by atoms with E-state index in [0.717, 1.165) is 45.7 Å². The summed E-state index contributed by atoms with van der Waals surface area (Å²) >= 11 is 5.06. The zero-order valence-electron chi connectivity index (χ0n) is 21.1. The van der Waals surface area contributed by atoms with Gasteiger partial charge in [-0.2, -0.15) is 5.26 Å². The van der Waals surface area contributed by atoms with Gasteiger partial charge in [-0.3, -0.25) is 9.69 Å². The Balaban J connectivity index is 1.39. The molecule has 1 heterocycles. The zero-order chi connectivity index (χ0) is 26.5. The van der Waals surface area contributed by atoms with Crippen LogP contribution in [0, 0.1) is 17.2 Å². The fraction of sp³-hybridized carbons (Fsp3) is 0.258. The first-order valence-electron chi connectivity index (χ1n) is 12.8. The Morgan fingerprint density at radius 2 is 1.87 bits per heavy atom. The average Bonchev–Trinajstić information content (AvgIpc) is 3.23. The monoisotopic (exact) mass is 585 g/mol. The quantitative estimate of drug-likeness (QED) is 0.274. The summed E-state index contributed by atoms with van der Waals surface area (Å²) in [6, 6.07) is 25.4. The van der Waals surface area contributed by atoms with Crippen LogP contribution in [0.2, 0.25) is 0 Å². The van der Waals surface area contributed by atoms with E-state index in [9.17, 15) is 10.1 Å². The minimum atomic E-state index is 0.0213. The van der Waals surface area contributed by atoms with E-state index in [-0.39, 0.29) is 11.9 Å². The topological polar surface area (TPSA) is 65.7 Å². The lowest BCUT2D eigenvalue weighted by molar-refractivity contribution is -0.124. The van der Waals surface area contributed by atoms with Crippen molar-refractivity contribution in [3.8, 4) is 11.8 Å². The number of halogens is 1. The predicted octanol–water partition coefficient (Wildman–Crippen LogP) is 8.08. The summed E-state index contributed by atoms with van der Waals surface area (Å²) in [5.74, 6) is 1.13. The van der Waals surface area contributed by atoms with Gasteiger partial charge in [0.05, 0.1) is 26.7 Å². The van der Waals surface area contributed by atoms with Crippen LogP contribution >= 0.6 is 27.7 Å². The van der Waals surface area contributed by atoms with Crippen molar-refractivity contribution >= 4 is 50.5 Å². The van der Waals surface area contributed by atoms with Gasteiger partial charge >= 0.3 is 0 Å². The summed E-state index contributed by atoms with van der Waals surface area (Å²) in [5, 5.41) is 10.1. The molecule has 2 aliphatic rings. The Hall–Kier alpha value is -3.34. The molecule has 1 amide bonds. The van der Waals surface area contributed by atoms with Gasteiger partial charge in [-0.1, -0.05) is 62.2 Å². The van der Waals surface area contributed by atoms with Crippen molar-refractivity contribution in [2.24, 2.45) is 10.9 Å². The van der Waals surface area contributed by atoms with Gasteiger partial charge in [-0.15, -0.1) is 0 Å². The minimum absolute atomic E-state index is 0.0213. The molecule has 1 saturated carbocycles. The van der Waals surface area contributed by atoms with Crippen LogP contribution in [0.5, 0.6) is 5.75 Å². The maximum Gasteiger partial charge on any atom is 0.267 e. The molecule has 38 heavy (non-hydrogen) atoms. The lowest BCUT2D eigenvalue weighted by Crippen LogP contribution is -2.44.